The van der Waals surface area contributed by atoms with E-state index in [-0.39, 0.29) is 11.9 Å². The number of anilines is 1. The maximum absolute atomic E-state index is 11.6. The van der Waals surface area contributed by atoms with Crippen molar-refractivity contribution >= 4 is 27.7 Å². The average Bonchev–Trinajstić information content (AvgIpc) is 2.25. The molecule has 2 heterocycles. The Kier molecular flexibility index (Phi) is 3.43. The second-order valence-electron chi connectivity index (χ2n) is 3.97. The lowest BCUT2D eigenvalue weighted by Gasteiger charge is -2.23. The van der Waals surface area contributed by atoms with E-state index in [0.29, 0.717) is 0 Å². The number of nitrogens with zero attached hydrogens (tertiary/aromatic N) is 1. The predicted octanol–water partition coefficient (Wildman–Crippen LogP) is 1.84. The van der Waals surface area contributed by atoms with Gasteiger partial charge in [0.05, 0.1) is 4.47 Å². The topological polar surface area (TPSA) is 54.0 Å². The standard InChI is InChI=1S/C11H14BrN3O/c1-7-5-8(12)10(14-6-7)15-9-3-2-4-13-11(9)16/h5-6,9H,2-4H2,1H3,(H,13,16)(H,14,15). The van der Waals surface area contributed by atoms with Crippen LogP contribution in [-0.4, -0.2) is 23.5 Å². The van der Waals surface area contributed by atoms with Crippen LogP contribution in [0.3, 0.4) is 0 Å². The van der Waals surface area contributed by atoms with Gasteiger partial charge in [0.15, 0.2) is 0 Å². The Hall–Kier alpha value is -1.10. The number of rotatable bonds is 2. The average molecular weight is 284 g/mol. The summed E-state index contributed by atoms with van der Waals surface area (Å²) in [7, 11) is 0. The molecule has 0 radical (unpaired) electrons. The fraction of sp³-hybridized carbons (Fsp3) is 0.455. The molecule has 1 atom stereocenters. The maximum Gasteiger partial charge on any atom is 0.242 e. The van der Waals surface area contributed by atoms with Crippen molar-refractivity contribution in [2.45, 2.75) is 25.8 Å². The third-order valence-electron chi connectivity index (χ3n) is 2.57. The second-order valence-corrected chi connectivity index (χ2v) is 4.83. The van der Waals surface area contributed by atoms with E-state index >= 15 is 0 Å². The number of piperidine rings is 1. The van der Waals surface area contributed by atoms with E-state index in [1.165, 1.54) is 0 Å². The highest BCUT2D eigenvalue weighted by molar-refractivity contribution is 9.10. The zero-order valence-electron chi connectivity index (χ0n) is 9.09. The molecule has 1 aliphatic rings. The summed E-state index contributed by atoms with van der Waals surface area (Å²) in [6.45, 7) is 2.76. The van der Waals surface area contributed by atoms with Crippen LogP contribution in [-0.2, 0) is 4.79 Å². The van der Waals surface area contributed by atoms with Crippen molar-refractivity contribution in [1.82, 2.24) is 10.3 Å². The predicted molar refractivity (Wildman–Crippen MR) is 66.3 cm³/mol. The highest BCUT2D eigenvalue weighted by Crippen LogP contribution is 2.22. The van der Waals surface area contributed by atoms with Gasteiger partial charge in [0.2, 0.25) is 5.91 Å². The lowest BCUT2D eigenvalue weighted by Crippen LogP contribution is -2.44. The lowest BCUT2D eigenvalue weighted by molar-refractivity contribution is -0.123. The fourth-order valence-corrected chi connectivity index (χ4v) is 2.29. The molecule has 1 fully saturated rings. The first-order valence-corrected chi connectivity index (χ1v) is 6.12. The number of aromatic nitrogens is 1. The van der Waals surface area contributed by atoms with Gasteiger partial charge in [0.25, 0.3) is 0 Å². The lowest BCUT2D eigenvalue weighted by atomic mass is 10.1. The Labute approximate surface area is 103 Å². The number of halogens is 1. The molecule has 2 rings (SSSR count). The van der Waals surface area contributed by atoms with Gasteiger partial charge in [-0.05, 0) is 47.3 Å². The molecule has 1 aromatic rings. The van der Waals surface area contributed by atoms with Gasteiger partial charge >= 0.3 is 0 Å². The highest BCUT2D eigenvalue weighted by atomic mass is 79.9. The first-order valence-electron chi connectivity index (χ1n) is 5.33. The van der Waals surface area contributed by atoms with Crippen molar-refractivity contribution in [3.8, 4) is 0 Å². The number of carbonyl (C=O) groups excluding carboxylic acids is 1. The highest BCUT2D eigenvalue weighted by Gasteiger charge is 2.22. The molecule has 16 heavy (non-hydrogen) atoms. The molecule has 86 valence electrons. The van der Waals surface area contributed by atoms with Gasteiger partial charge in [-0.15, -0.1) is 0 Å². The quantitative estimate of drug-likeness (QED) is 0.871. The number of nitrogens with one attached hydrogen (secondary N) is 2. The van der Waals surface area contributed by atoms with Crippen LogP contribution in [0.25, 0.3) is 0 Å². The summed E-state index contributed by atoms with van der Waals surface area (Å²) in [6, 6.07) is 1.82. The summed E-state index contributed by atoms with van der Waals surface area (Å²) >= 11 is 3.44. The number of carbonyl (C=O) groups is 1. The molecule has 1 saturated heterocycles. The zero-order chi connectivity index (χ0) is 11.5. The normalized spacial score (nSPS) is 20.4. The number of amides is 1. The van der Waals surface area contributed by atoms with Crippen molar-refractivity contribution in [2.24, 2.45) is 0 Å². The van der Waals surface area contributed by atoms with E-state index in [4.69, 9.17) is 0 Å². The molecule has 1 aliphatic heterocycles. The van der Waals surface area contributed by atoms with Gasteiger partial charge in [-0.1, -0.05) is 0 Å². The minimum atomic E-state index is -0.166. The molecule has 4 nitrogen and oxygen atoms in total. The summed E-state index contributed by atoms with van der Waals surface area (Å²) in [4.78, 5) is 15.8. The summed E-state index contributed by atoms with van der Waals surface area (Å²) < 4.78 is 0.894. The summed E-state index contributed by atoms with van der Waals surface area (Å²) in [6.07, 6.45) is 3.65. The van der Waals surface area contributed by atoms with Crippen molar-refractivity contribution in [1.29, 1.82) is 0 Å². The van der Waals surface area contributed by atoms with Crippen LogP contribution in [0, 0.1) is 6.92 Å². The van der Waals surface area contributed by atoms with E-state index in [1.807, 2.05) is 13.0 Å². The van der Waals surface area contributed by atoms with E-state index in [0.717, 1.165) is 35.2 Å². The zero-order valence-corrected chi connectivity index (χ0v) is 10.7. The van der Waals surface area contributed by atoms with E-state index < -0.39 is 0 Å². The van der Waals surface area contributed by atoms with Crippen molar-refractivity contribution in [3.63, 3.8) is 0 Å². The van der Waals surface area contributed by atoms with E-state index in [9.17, 15) is 4.79 Å². The SMILES string of the molecule is Cc1cnc(NC2CCCNC2=O)c(Br)c1. The summed E-state index contributed by atoms with van der Waals surface area (Å²) in [5, 5.41) is 5.99. The van der Waals surface area contributed by atoms with Crippen LogP contribution in [0.1, 0.15) is 18.4 Å². The molecule has 0 spiro atoms. The van der Waals surface area contributed by atoms with Gasteiger partial charge in [0, 0.05) is 12.7 Å². The minimum Gasteiger partial charge on any atom is -0.357 e. The third-order valence-corrected chi connectivity index (χ3v) is 3.18. The largest absolute Gasteiger partial charge is 0.357 e. The van der Waals surface area contributed by atoms with E-state index in [2.05, 4.69) is 31.5 Å². The van der Waals surface area contributed by atoms with Gasteiger partial charge in [-0.2, -0.15) is 0 Å². The molecule has 0 aliphatic carbocycles. The second kappa shape index (κ2) is 4.82. The molecular weight excluding hydrogens is 270 g/mol. The molecule has 1 amide bonds. The Morgan fingerprint density at radius 2 is 2.44 bits per heavy atom. The number of pyridine rings is 1. The molecule has 1 aromatic heterocycles. The van der Waals surface area contributed by atoms with Gasteiger partial charge in [0.1, 0.15) is 11.9 Å². The van der Waals surface area contributed by atoms with Crippen LogP contribution >= 0.6 is 15.9 Å². The Morgan fingerprint density at radius 1 is 1.62 bits per heavy atom. The molecule has 0 aromatic carbocycles. The van der Waals surface area contributed by atoms with Crippen LogP contribution in [0.2, 0.25) is 0 Å². The maximum atomic E-state index is 11.6. The summed E-state index contributed by atoms with van der Waals surface area (Å²) in [5.41, 5.74) is 1.09. The minimum absolute atomic E-state index is 0.0560. The Bertz CT molecular complexity index is 408. The third kappa shape index (κ3) is 2.52. The first kappa shape index (κ1) is 11.4. The fourth-order valence-electron chi connectivity index (χ4n) is 1.71. The van der Waals surface area contributed by atoms with Crippen molar-refractivity contribution in [2.75, 3.05) is 11.9 Å². The molecular formula is C11H14BrN3O. The number of aryl methyl sites for hydroxylation is 1. The van der Waals surface area contributed by atoms with Crippen LogP contribution in [0.5, 0.6) is 0 Å². The molecule has 2 N–H and O–H groups in total. The Balaban J connectivity index is 2.10. The molecule has 0 bridgehead atoms. The first-order chi connectivity index (χ1) is 7.66. The van der Waals surface area contributed by atoms with Crippen LogP contribution in [0.4, 0.5) is 5.82 Å². The monoisotopic (exact) mass is 283 g/mol. The van der Waals surface area contributed by atoms with Gasteiger partial charge in [-0.3, -0.25) is 4.79 Å². The smallest absolute Gasteiger partial charge is 0.242 e. The van der Waals surface area contributed by atoms with Crippen molar-refractivity contribution in [3.05, 3.63) is 22.3 Å². The summed E-state index contributed by atoms with van der Waals surface area (Å²) in [5.74, 6) is 0.785. The number of hydrogen-bond donors (Lipinski definition) is 2. The van der Waals surface area contributed by atoms with Crippen LogP contribution in [0.15, 0.2) is 16.7 Å². The van der Waals surface area contributed by atoms with E-state index in [1.54, 1.807) is 6.20 Å². The van der Waals surface area contributed by atoms with Crippen LogP contribution < -0.4 is 10.6 Å². The van der Waals surface area contributed by atoms with Gasteiger partial charge in [-0.25, -0.2) is 4.98 Å². The molecule has 1 unspecified atom stereocenters. The van der Waals surface area contributed by atoms with Crippen molar-refractivity contribution < 1.29 is 4.79 Å². The number of hydrogen-bond acceptors (Lipinski definition) is 3. The Morgan fingerprint density at radius 3 is 3.12 bits per heavy atom. The van der Waals surface area contributed by atoms with Gasteiger partial charge < -0.3 is 10.6 Å². The molecule has 5 heteroatoms. The molecule has 0 saturated carbocycles.